The highest BCUT2D eigenvalue weighted by atomic mass is 19.1. The summed E-state index contributed by atoms with van der Waals surface area (Å²) in [5.74, 6) is -0.587. The summed E-state index contributed by atoms with van der Waals surface area (Å²) >= 11 is 0. The molecule has 0 aliphatic carbocycles. The van der Waals surface area contributed by atoms with Gasteiger partial charge in [0.1, 0.15) is 5.82 Å². The summed E-state index contributed by atoms with van der Waals surface area (Å²) in [6.07, 6.45) is 3.68. The van der Waals surface area contributed by atoms with Crippen molar-refractivity contribution in [3.63, 3.8) is 0 Å². The molecule has 27 heavy (non-hydrogen) atoms. The highest BCUT2D eigenvalue weighted by Crippen LogP contribution is 2.25. The van der Waals surface area contributed by atoms with Gasteiger partial charge in [-0.3, -0.25) is 14.6 Å². The van der Waals surface area contributed by atoms with Crippen LogP contribution in [0.2, 0.25) is 0 Å². The highest BCUT2D eigenvalue weighted by molar-refractivity contribution is 5.95. The van der Waals surface area contributed by atoms with Crippen molar-refractivity contribution in [1.82, 2.24) is 9.88 Å². The average Bonchev–Trinajstić information content (AvgIpc) is 2.72. The molecule has 1 fully saturated rings. The Balaban J connectivity index is 1.84. The summed E-state index contributed by atoms with van der Waals surface area (Å²) in [6.45, 7) is 3.28. The number of aromatic nitrogens is 1. The lowest BCUT2D eigenvalue weighted by Crippen LogP contribution is -2.46. The molecule has 1 atom stereocenters. The van der Waals surface area contributed by atoms with Crippen molar-refractivity contribution in [2.45, 2.75) is 32.7 Å². The summed E-state index contributed by atoms with van der Waals surface area (Å²) in [5, 5.41) is 0. The van der Waals surface area contributed by atoms with Crippen LogP contribution in [0.25, 0.3) is 0 Å². The Bertz CT molecular complexity index is 780. The van der Waals surface area contributed by atoms with Gasteiger partial charge in [0.05, 0.1) is 18.2 Å². The number of carbonyl (C=O) groups is 2. The molecule has 1 saturated heterocycles. The predicted octanol–water partition coefficient (Wildman–Crippen LogP) is 3.40. The Hall–Kier alpha value is -2.76. The van der Waals surface area contributed by atoms with Crippen LogP contribution in [0.15, 0.2) is 48.7 Å². The minimum atomic E-state index is -0.346. The maximum Gasteiger partial charge on any atom is 0.232 e. The number of nitrogens with zero attached hydrogens (tertiary/aromatic N) is 3. The van der Waals surface area contributed by atoms with E-state index >= 15 is 0 Å². The first-order valence-electron chi connectivity index (χ1n) is 9.33. The SMILES string of the molecule is CCC(=O)N1CCCC(C(=O)N(Cc2ccccn2)c2ccc(F)cc2)C1. The van der Waals surface area contributed by atoms with Crippen LogP contribution >= 0.6 is 0 Å². The molecule has 6 heteroatoms. The van der Waals surface area contributed by atoms with Crippen LogP contribution in [-0.2, 0) is 16.1 Å². The van der Waals surface area contributed by atoms with Gasteiger partial charge in [-0.2, -0.15) is 0 Å². The van der Waals surface area contributed by atoms with Crippen LogP contribution in [0.1, 0.15) is 31.9 Å². The third-order valence-electron chi connectivity index (χ3n) is 4.88. The fraction of sp³-hybridized carbons (Fsp3) is 0.381. The molecule has 1 aliphatic rings. The zero-order valence-electron chi connectivity index (χ0n) is 15.5. The summed E-state index contributed by atoms with van der Waals surface area (Å²) in [4.78, 5) is 33.1. The van der Waals surface area contributed by atoms with Gasteiger partial charge in [0.25, 0.3) is 0 Å². The largest absolute Gasteiger partial charge is 0.342 e. The van der Waals surface area contributed by atoms with E-state index in [1.54, 1.807) is 28.1 Å². The molecule has 0 spiro atoms. The van der Waals surface area contributed by atoms with Gasteiger partial charge < -0.3 is 9.80 Å². The lowest BCUT2D eigenvalue weighted by molar-refractivity contribution is -0.134. The number of likely N-dealkylation sites (tertiary alicyclic amines) is 1. The van der Waals surface area contributed by atoms with Crippen molar-refractivity contribution in [2.75, 3.05) is 18.0 Å². The topological polar surface area (TPSA) is 53.5 Å². The summed E-state index contributed by atoms with van der Waals surface area (Å²) in [5.41, 5.74) is 1.39. The van der Waals surface area contributed by atoms with E-state index < -0.39 is 0 Å². The number of anilines is 1. The summed E-state index contributed by atoms with van der Waals surface area (Å²) < 4.78 is 13.4. The average molecular weight is 369 g/mol. The van der Waals surface area contributed by atoms with Gasteiger partial charge in [-0.15, -0.1) is 0 Å². The van der Waals surface area contributed by atoms with Crippen molar-refractivity contribution in [3.8, 4) is 0 Å². The molecule has 5 nitrogen and oxygen atoms in total. The Morgan fingerprint density at radius 3 is 2.67 bits per heavy atom. The second-order valence-corrected chi connectivity index (χ2v) is 6.75. The number of carbonyl (C=O) groups excluding carboxylic acids is 2. The maximum absolute atomic E-state index is 13.4. The highest BCUT2D eigenvalue weighted by Gasteiger charge is 2.31. The second kappa shape index (κ2) is 8.75. The first kappa shape index (κ1) is 19.0. The fourth-order valence-electron chi connectivity index (χ4n) is 3.42. The Kier molecular flexibility index (Phi) is 6.16. The molecule has 1 aromatic carbocycles. The number of pyridine rings is 1. The smallest absolute Gasteiger partial charge is 0.232 e. The van der Waals surface area contributed by atoms with Crippen molar-refractivity contribution in [1.29, 1.82) is 0 Å². The molecule has 1 aromatic heterocycles. The molecule has 0 radical (unpaired) electrons. The lowest BCUT2D eigenvalue weighted by atomic mass is 9.95. The molecular weight excluding hydrogens is 345 g/mol. The van der Waals surface area contributed by atoms with E-state index in [1.165, 1.54) is 12.1 Å². The van der Waals surface area contributed by atoms with E-state index in [4.69, 9.17) is 0 Å². The molecular formula is C21H24FN3O2. The third kappa shape index (κ3) is 4.70. The van der Waals surface area contributed by atoms with E-state index in [2.05, 4.69) is 4.98 Å². The fourth-order valence-corrected chi connectivity index (χ4v) is 3.42. The summed E-state index contributed by atoms with van der Waals surface area (Å²) in [6, 6.07) is 11.5. The van der Waals surface area contributed by atoms with Crippen LogP contribution in [0.4, 0.5) is 10.1 Å². The molecule has 2 heterocycles. The van der Waals surface area contributed by atoms with Gasteiger partial charge in [0.2, 0.25) is 11.8 Å². The van der Waals surface area contributed by atoms with Crippen LogP contribution < -0.4 is 4.90 Å². The van der Waals surface area contributed by atoms with E-state index in [0.29, 0.717) is 31.7 Å². The van der Waals surface area contributed by atoms with Gasteiger partial charge in [-0.25, -0.2) is 4.39 Å². The number of halogens is 1. The Morgan fingerprint density at radius 1 is 1.22 bits per heavy atom. The monoisotopic (exact) mass is 369 g/mol. The summed E-state index contributed by atoms with van der Waals surface area (Å²) in [7, 11) is 0. The molecule has 0 saturated carbocycles. The zero-order valence-corrected chi connectivity index (χ0v) is 15.5. The van der Waals surface area contributed by atoms with Crippen molar-refractivity contribution < 1.29 is 14.0 Å². The molecule has 2 aromatic rings. The Morgan fingerprint density at radius 2 is 2.00 bits per heavy atom. The molecule has 0 bridgehead atoms. The van der Waals surface area contributed by atoms with Crippen molar-refractivity contribution in [2.24, 2.45) is 5.92 Å². The van der Waals surface area contributed by atoms with E-state index in [1.807, 2.05) is 25.1 Å². The number of amides is 2. The van der Waals surface area contributed by atoms with Gasteiger partial charge in [-0.1, -0.05) is 13.0 Å². The molecule has 1 aliphatic heterocycles. The first-order valence-corrected chi connectivity index (χ1v) is 9.33. The van der Waals surface area contributed by atoms with Crippen LogP contribution in [0.5, 0.6) is 0 Å². The quantitative estimate of drug-likeness (QED) is 0.812. The minimum Gasteiger partial charge on any atom is -0.342 e. The number of rotatable bonds is 5. The van der Waals surface area contributed by atoms with Gasteiger partial charge >= 0.3 is 0 Å². The molecule has 2 amide bonds. The van der Waals surface area contributed by atoms with E-state index in [0.717, 1.165) is 18.5 Å². The lowest BCUT2D eigenvalue weighted by Gasteiger charge is -2.35. The third-order valence-corrected chi connectivity index (χ3v) is 4.88. The van der Waals surface area contributed by atoms with E-state index in [-0.39, 0.29) is 23.5 Å². The second-order valence-electron chi connectivity index (χ2n) is 6.75. The molecule has 3 rings (SSSR count). The first-order chi connectivity index (χ1) is 13.1. The van der Waals surface area contributed by atoms with E-state index in [9.17, 15) is 14.0 Å². The maximum atomic E-state index is 13.4. The van der Waals surface area contributed by atoms with Crippen LogP contribution in [0.3, 0.4) is 0 Å². The van der Waals surface area contributed by atoms with Crippen LogP contribution in [-0.4, -0.2) is 34.8 Å². The predicted molar refractivity (Wildman–Crippen MR) is 101 cm³/mol. The molecule has 1 unspecified atom stereocenters. The number of piperidine rings is 1. The van der Waals surface area contributed by atoms with Crippen molar-refractivity contribution >= 4 is 17.5 Å². The molecule has 142 valence electrons. The van der Waals surface area contributed by atoms with Gasteiger partial charge in [0, 0.05) is 31.4 Å². The van der Waals surface area contributed by atoms with Crippen molar-refractivity contribution in [3.05, 3.63) is 60.2 Å². The number of hydrogen-bond acceptors (Lipinski definition) is 3. The normalized spacial score (nSPS) is 16.8. The number of benzene rings is 1. The minimum absolute atomic E-state index is 0.0548. The van der Waals surface area contributed by atoms with Gasteiger partial charge in [-0.05, 0) is 49.2 Å². The Labute approximate surface area is 158 Å². The van der Waals surface area contributed by atoms with Crippen LogP contribution in [0, 0.1) is 11.7 Å². The standard InChI is InChI=1S/C21H24FN3O2/c1-2-20(26)24-13-5-6-16(14-24)21(27)25(15-18-7-3-4-12-23-18)19-10-8-17(22)9-11-19/h3-4,7-12,16H,2,5-6,13-15H2,1H3. The zero-order chi connectivity index (χ0) is 19.2. The molecule has 0 N–H and O–H groups in total. The van der Waals surface area contributed by atoms with Gasteiger partial charge in [0.15, 0.2) is 0 Å². The number of hydrogen-bond donors (Lipinski definition) is 0.